The predicted octanol–water partition coefficient (Wildman–Crippen LogP) is 4.08. The number of nitrogens with zero attached hydrogens (tertiary/aromatic N) is 3. The first-order valence-corrected chi connectivity index (χ1v) is 7.28. The lowest BCUT2D eigenvalue weighted by atomic mass is 10.0. The van der Waals surface area contributed by atoms with Crippen LogP contribution in [0.1, 0.15) is 18.4 Å². The van der Waals surface area contributed by atoms with Crippen LogP contribution < -0.4 is 0 Å². The van der Waals surface area contributed by atoms with E-state index in [0.717, 1.165) is 22.8 Å². The van der Waals surface area contributed by atoms with Gasteiger partial charge in [0.2, 0.25) is 0 Å². The Morgan fingerprint density at radius 1 is 1.27 bits per heavy atom. The molecule has 3 rings (SSSR count). The summed E-state index contributed by atoms with van der Waals surface area (Å²) < 4.78 is 16.1. The smallest absolute Gasteiger partial charge is 0.150 e. The number of imidazole rings is 1. The molecule has 2 aromatic heterocycles. The van der Waals surface area contributed by atoms with Crippen LogP contribution in [0.3, 0.4) is 0 Å². The summed E-state index contributed by atoms with van der Waals surface area (Å²) >= 11 is 0. The maximum atomic E-state index is 14.2. The average Bonchev–Trinajstić information content (AvgIpc) is 2.67. The Balaban J connectivity index is 2.21. The van der Waals surface area contributed by atoms with Crippen LogP contribution in [0.4, 0.5) is 4.39 Å². The summed E-state index contributed by atoms with van der Waals surface area (Å²) in [5.41, 5.74) is 3.07. The molecule has 1 aliphatic rings. The molecule has 112 valence electrons. The fourth-order valence-electron chi connectivity index (χ4n) is 2.55. The van der Waals surface area contributed by atoms with Gasteiger partial charge in [-0.05, 0) is 18.9 Å². The molecule has 0 aliphatic heterocycles. The van der Waals surface area contributed by atoms with Crippen LogP contribution in [0.2, 0.25) is 0 Å². The highest BCUT2D eigenvalue weighted by atomic mass is 19.1. The van der Waals surface area contributed by atoms with E-state index in [2.05, 4.69) is 35.1 Å². The first-order valence-electron chi connectivity index (χ1n) is 7.28. The second kappa shape index (κ2) is 5.72. The van der Waals surface area contributed by atoms with Crippen LogP contribution in [0.5, 0.6) is 0 Å². The number of aryl methyl sites for hydroxylation is 1. The molecule has 0 aromatic carbocycles. The molecule has 1 unspecified atom stereocenters. The molecular weight excluding hydrogens is 277 g/mol. The molecule has 0 bridgehead atoms. The molecule has 3 nitrogen and oxygen atoms in total. The largest absolute Gasteiger partial charge is 0.331 e. The molecule has 22 heavy (non-hydrogen) atoms. The Kier molecular flexibility index (Phi) is 3.75. The molecule has 0 fully saturated rings. The average molecular weight is 295 g/mol. The molecule has 0 amide bonds. The van der Waals surface area contributed by atoms with E-state index < -0.39 is 0 Å². The van der Waals surface area contributed by atoms with Gasteiger partial charge in [0.1, 0.15) is 5.82 Å². The summed E-state index contributed by atoms with van der Waals surface area (Å²) in [5.74, 6) is 0.880. The third kappa shape index (κ3) is 2.52. The molecular formula is C18H18FN3. The van der Waals surface area contributed by atoms with Crippen LogP contribution >= 0.6 is 0 Å². The number of rotatable bonds is 2. The highest BCUT2D eigenvalue weighted by Crippen LogP contribution is 2.32. The molecule has 1 aliphatic carbocycles. The lowest BCUT2D eigenvalue weighted by Crippen LogP contribution is -1.98. The minimum absolute atomic E-state index is 0.339. The van der Waals surface area contributed by atoms with Gasteiger partial charge in [0, 0.05) is 24.4 Å². The van der Waals surface area contributed by atoms with Crippen LogP contribution in [0, 0.1) is 18.7 Å². The second-order valence-electron chi connectivity index (χ2n) is 5.50. The van der Waals surface area contributed by atoms with Crippen LogP contribution in [-0.2, 0) is 7.05 Å². The van der Waals surface area contributed by atoms with Crippen molar-refractivity contribution in [2.24, 2.45) is 13.0 Å². The zero-order valence-electron chi connectivity index (χ0n) is 12.9. The van der Waals surface area contributed by atoms with Crippen LogP contribution in [0.25, 0.3) is 16.8 Å². The lowest BCUT2D eigenvalue weighted by Gasteiger charge is -2.08. The standard InChI is InChI=1S/C18H18FN3/c1-12-5-4-6-14(8-7-12)17-18(22(3)13(2)21-17)15-9-10-20-11-16(15)19/h4-12H,1-3H3. The van der Waals surface area contributed by atoms with Gasteiger partial charge in [0.05, 0.1) is 17.6 Å². The fraction of sp³-hybridized carbons (Fsp3) is 0.222. The molecule has 0 radical (unpaired) electrons. The molecule has 0 saturated carbocycles. The van der Waals surface area contributed by atoms with Gasteiger partial charge in [0.15, 0.2) is 5.82 Å². The molecule has 4 heteroatoms. The van der Waals surface area contributed by atoms with E-state index in [1.54, 1.807) is 12.3 Å². The fourth-order valence-corrected chi connectivity index (χ4v) is 2.55. The number of pyridine rings is 1. The normalized spacial score (nSPS) is 17.5. The number of hydrogen-bond donors (Lipinski definition) is 0. The first-order chi connectivity index (χ1) is 10.6. The number of aromatic nitrogens is 3. The zero-order chi connectivity index (χ0) is 15.7. The topological polar surface area (TPSA) is 30.7 Å². The van der Waals surface area contributed by atoms with Gasteiger partial charge in [-0.15, -0.1) is 0 Å². The van der Waals surface area contributed by atoms with Crippen molar-refractivity contribution < 1.29 is 4.39 Å². The molecule has 0 N–H and O–H groups in total. The van der Waals surface area contributed by atoms with E-state index in [4.69, 9.17) is 0 Å². The monoisotopic (exact) mass is 295 g/mol. The number of hydrogen-bond acceptors (Lipinski definition) is 2. The van der Waals surface area contributed by atoms with Crippen molar-refractivity contribution in [1.82, 2.24) is 14.5 Å². The Labute approximate surface area is 129 Å². The lowest BCUT2D eigenvalue weighted by molar-refractivity contribution is 0.623. The van der Waals surface area contributed by atoms with Crippen LogP contribution in [-0.4, -0.2) is 14.5 Å². The maximum absolute atomic E-state index is 14.2. The van der Waals surface area contributed by atoms with Gasteiger partial charge in [-0.25, -0.2) is 9.37 Å². The molecule has 0 spiro atoms. The van der Waals surface area contributed by atoms with Crippen molar-refractivity contribution in [3.05, 3.63) is 66.2 Å². The summed E-state index contributed by atoms with van der Waals surface area (Å²) in [5, 5.41) is 0. The van der Waals surface area contributed by atoms with Gasteiger partial charge in [-0.1, -0.05) is 37.3 Å². The van der Waals surface area contributed by atoms with E-state index in [9.17, 15) is 4.39 Å². The van der Waals surface area contributed by atoms with Gasteiger partial charge < -0.3 is 4.57 Å². The van der Waals surface area contributed by atoms with Crippen molar-refractivity contribution in [2.75, 3.05) is 0 Å². The van der Waals surface area contributed by atoms with E-state index in [0.29, 0.717) is 11.5 Å². The summed E-state index contributed by atoms with van der Waals surface area (Å²) in [6, 6.07) is 1.69. The number of allylic oxidation sites excluding steroid dienone is 6. The summed E-state index contributed by atoms with van der Waals surface area (Å²) in [6.07, 6.45) is 13.2. The highest BCUT2D eigenvalue weighted by Gasteiger charge is 2.19. The highest BCUT2D eigenvalue weighted by molar-refractivity contribution is 5.83. The molecule has 1 atom stereocenters. The summed E-state index contributed by atoms with van der Waals surface area (Å²) in [6.45, 7) is 4.04. The summed E-state index contributed by atoms with van der Waals surface area (Å²) in [7, 11) is 1.90. The molecule has 2 aromatic rings. The van der Waals surface area contributed by atoms with Crippen molar-refractivity contribution in [3.63, 3.8) is 0 Å². The summed E-state index contributed by atoms with van der Waals surface area (Å²) in [4.78, 5) is 8.47. The Hall–Kier alpha value is -2.49. The van der Waals surface area contributed by atoms with E-state index >= 15 is 0 Å². The van der Waals surface area contributed by atoms with Crippen molar-refractivity contribution >= 4 is 5.57 Å². The minimum Gasteiger partial charge on any atom is -0.331 e. The molecule has 0 saturated heterocycles. The third-order valence-corrected chi connectivity index (χ3v) is 3.89. The predicted molar refractivity (Wildman–Crippen MR) is 86.6 cm³/mol. The SMILES string of the molecule is Cc1nc(C2=CC=CC(C)C=C2)c(-c2ccncc2F)n1C. The Bertz CT molecular complexity index is 797. The number of halogens is 1. The first kappa shape index (κ1) is 14.4. The van der Waals surface area contributed by atoms with E-state index in [-0.39, 0.29) is 5.82 Å². The van der Waals surface area contributed by atoms with Gasteiger partial charge in [0.25, 0.3) is 0 Å². The van der Waals surface area contributed by atoms with Crippen LogP contribution in [0.15, 0.2) is 48.8 Å². The van der Waals surface area contributed by atoms with E-state index in [1.807, 2.05) is 30.7 Å². The minimum atomic E-state index is -0.339. The zero-order valence-corrected chi connectivity index (χ0v) is 12.9. The Morgan fingerprint density at radius 3 is 2.86 bits per heavy atom. The quantitative estimate of drug-likeness (QED) is 0.836. The second-order valence-corrected chi connectivity index (χ2v) is 5.50. The van der Waals surface area contributed by atoms with Gasteiger partial charge in [-0.2, -0.15) is 0 Å². The third-order valence-electron chi connectivity index (χ3n) is 3.89. The van der Waals surface area contributed by atoms with Crippen molar-refractivity contribution in [2.45, 2.75) is 13.8 Å². The molecule has 2 heterocycles. The van der Waals surface area contributed by atoms with Gasteiger partial charge in [-0.3, -0.25) is 4.98 Å². The van der Waals surface area contributed by atoms with Crippen molar-refractivity contribution in [1.29, 1.82) is 0 Å². The van der Waals surface area contributed by atoms with E-state index in [1.165, 1.54) is 6.20 Å². The van der Waals surface area contributed by atoms with Gasteiger partial charge >= 0.3 is 0 Å². The Morgan fingerprint density at radius 2 is 2.09 bits per heavy atom. The van der Waals surface area contributed by atoms with Crippen molar-refractivity contribution in [3.8, 4) is 11.3 Å². The maximum Gasteiger partial charge on any atom is 0.150 e.